The summed E-state index contributed by atoms with van der Waals surface area (Å²) < 4.78 is 18.2. The van der Waals surface area contributed by atoms with E-state index in [-0.39, 0.29) is 12.0 Å². The highest BCUT2D eigenvalue weighted by atomic mass is 35.5. The predicted octanol–water partition coefficient (Wildman–Crippen LogP) is 5.45. The Bertz CT molecular complexity index is 1120. The van der Waals surface area contributed by atoms with Crippen molar-refractivity contribution in [3.05, 3.63) is 63.6 Å². The lowest BCUT2D eigenvalue weighted by molar-refractivity contribution is -0.0115. The lowest BCUT2D eigenvalue weighted by Gasteiger charge is -2.24. The molecule has 3 aromatic rings. The van der Waals surface area contributed by atoms with Crippen molar-refractivity contribution < 1.29 is 19.0 Å². The second-order valence-corrected chi connectivity index (χ2v) is 9.54. The van der Waals surface area contributed by atoms with Gasteiger partial charge in [-0.1, -0.05) is 23.7 Å². The fourth-order valence-corrected chi connectivity index (χ4v) is 4.98. The Hall–Kier alpha value is -2.61. The molecule has 0 saturated carbocycles. The number of carbonyl (C=O) groups excluding carboxylic acids is 1. The number of benzene rings is 2. The Morgan fingerprint density at radius 3 is 2.94 bits per heavy atom. The van der Waals surface area contributed by atoms with Gasteiger partial charge in [-0.15, -0.1) is 11.3 Å². The number of hydrogen-bond acceptors (Lipinski definition) is 6. The van der Waals surface area contributed by atoms with E-state index >= 15 is 0 Å². The highest BCUT2D eigenvalue weighted by Gasteiger charge is 2.26. The molecule has 6 nitrogen and oxygen atoms in total. The molecule has 0 aliphatic carbocycles. The van der Waals surface area contributed by atoms with Gasteiger partial charge < -0.3 is 19.1 Å². The summed E-state index contributed by atoms with van der Waals surface area (Å²) in [4.78, 5) is 19.5. The fraction of sp³-hybridized carbons (Fsp3) is 0.360. The van der Waals surface area contributed by atoms with E-state index in [1.807, 2.05) is 30.3 Å². The van der Waals surface area contributed by atoms with Crippen molar-refractivity contribution in [1.82, 2.24) is 9.88 Å². The fourth-order valence-electron chi connectivity index (χ4n) is 4.20. The van der Waals surface area contributed by atoms with Gasteiger partial charge in [-0.05, 0) is 54.7 Å². The number of nitrogens with zero attached hydrogens (tertiary/aromatic N) is 2. The second-order valence-electron chi connectivity index (χ2n) is 8.21. The van der Waals surface area contributed by atoms with Crippen molar-refractivity contribution in [2.75, 3.05) is 26.4 Å². The van der Waals surface area contributed by atoms with Crippen molar-refractivity contribution in [2.45, 2.75) is 31.9 Å². The van der Waals surface area contributed by atoms with Gasteiger partial charge >= 0.3 is 0 Å². The molecule has 1 unspecified atom stereocenters. The summed E-state index contributed by atoms with van der Waals surface area (Å²) in [6.07, 6.45) is 4.94. The highest BCUT2D eigenvalue weighted by Crippen LogP contribution is 2.39. The van der Waals surface area contributed by atoms with E-state index in [1.54, 1.807) is 16.6 Å². The van der Waals surface area contributed by atoms with Gasteiger partial charge in [0.05, 0.1) is 24.4 Å². The molecule has 0 N–H and O–H groups in total. The second kappa shape index (κ2) is 10.1. The summed E-state index contributed by atoms with van der Waals surface area (Å²) in [5.41, 5.74) is 4.52. The van der Waals surface area contributed by atoms with Crippen molar-refractivity contribution in [2.24, 2.45) is 0 Å². The van der Waals surface area contributed by atoms with Crippen molar-refractivity contribution in [1.29, 1.82) is 0 Å². The Kier molecular flexibility index (Phi) is 6.80. The quantitative estimate of drug-likeness (QED) is 0.482. The molecule has 1 atom stereocenters. The van der Waals surface area contributed by atoms with E-state index in [0.717, 1.165) is 42.6 Å². The molecule has 1 saturated heterocycles. The van der Waals surface area contributed by atoms with Crippen LogP contribution in [0.2, 0.25) is 5.02 Å². The van der Waals surface area contributed by atoms with Crippen LogP contribution >= 0.6 is 22.9 Å². The first-order valence-corrected chi connectivity index (χ1v) is 12.4. The number of amides is 1. The molecule has 5 rings (SSSR count). The number of fused-ring (bicyclic) bond motifs is 1. The molecule has 33 heavy (non-hydrogen) atoms. The molecule has 172 valence electrons. The van der Waals surface area contributed by atoms with Crippen LogP contribution in [0.4, 0.5) is 0 Å². The lowest BCUT2D eigenvalue weighted by atomic mass is 10.0. The number of hydrogen-bond donors (Lipinski definition) is 0. The standard InChI is InChI=1S/C25H25ClN2O4S/c26-20-5-3-4-17(11-20)18-10-19-14-28(25(29)23-13-27-16-33-23)7-9-31-24(19)22(12-18)32-15-21-6-1-2-8-30-21/h3-5,10-13,16,21H,1-2,6-9,14-15H2. The van der Waals surface area contributed by atoms with E-state index < -0.39 is 0 Å². The highest BCUT2D eigenvalue weighted by molar-refractivity contribution is 7.11. The molecule has 3 heterocycles. The summed E-state index contributed by atoms with van der Waals surface area (Å²) in [7, 11) is 0. The number of ether oxygens (including phenoxy) is 3. The lowest BCUT2D eigenvalue weighted by Crippen LogP contribution is -2.31. The molecule has 2 aliphatic heterocycles. The molecule has 0 bridgehead atoms. The zero-order valence-corrected chi connectivity index (χ0v) is 19.7. The molecule has 0 radical (unpaired) electrons. The molecular formula is C25H25ClN2O4S. The van der Waals surface area contributed by atoms with Gasteiger partial charge in [0.25, 0.3) is 5.91 Å². The smallest absolute Gasteiger partial charge is 0.265 e. The van der Waals surface area contributed by atoms with Crippen LogP contribution in [-0.2, 0) is 11.3 Å². The summed E-state index contributed by atoms with van der Waals surface area (Å²) in [6, 6.07) is 11.8. The number of carbonyl (C=O) groups is 1. The number of thiazole rings is 1. The molecule has 8 heteroatoms. The largest absolute Gasteiger partial charge is 0.487 e. The Labute approximate surface area is 202 Å². The van der Waals surface area contributed by atoms with Crippen molar-refractivity contribution >= 4 is 28.8 Å². The molecule has 0 spiro atoms. The Morgan fingerprint density at radius 2 is 2.15 bits per heavy atom. The maximum Gasteiger partial charge on any atom is 0.265 e. The molecule has 1 fully saturated rings. The van der Waals surface area contributed by atoms with Crippen LogP contribution in [0.15, 0.2) is 48.1 Å². The van der Waals surface area contributed by atoms with E-state index in [4.69, 9.17) is 25.8 Å². The van der Waals surface area contributed by atoms with Crippen LogP contribution in [0.3, 0.4) is 0 Å². The first-order chi connectivity index (χ1) is 16.2. The van der Waals surface area contributed by atoms with Crippen LogP contribution in [0.1, 0.15) is 34.5 Å². The topological polar surface area (TPSA) is 60.9 Å². The Balaban J connectivity index is 1.48. The minimum Gasteiger partial charge on any atom is -0.487 e. The predicted molar refractivity (Wildman–Crippen MR) is 128 cm³/mol. The summed E-state index contributed by atoms with van der Waals surface area (Å²) in [6.45, 7) is 2.56. The molecule has 2 aromatic carbocycles. The van der Waals surface area contributed by atoms with Crippen LogP contribution in [0, 0.1) is 0 Å². The molecule has 1 aromatic heterocycles. The average Bonchev–Trinajstić information content (AvgIpc) is 3.29. The third kappa shape index (κ3) is 5.16. The first-order valence-electron chi connectivity index (χ1n) is 11.2. The summed E-state index contributed by atoms with van der Waals surface area (Å²) >= 11 is 7.60. The maximum atomic E-state index is 13.0. The third-order valence-corrected chi connectivity index (χ3v) is 6.88. The Morgan fingerprint density at radius 1 is 1.21 bits per heavy atom. The number of rotatable bonds is 5. The summed E-state index contributed by atoms with van der Waals surface area (Å²) in [5.74, 6) is 1.32. The van der Waals surface area contributed by atoms with Gasteiger partial charge in [0.15, 0.2) is 11.5 Å². The van der Waals surface area contributed by atoms with Crippen molar-refractivity contribution in [3.63, 3.8) is 0 Å². The molecule has 1 amide bonds. The third-order valence-electron chi connectivity index (χ3n) is 5.89. The summed E-state index contributed by atoms with van der Waals surface area (Å²) in [5, 5.41) is 0.666. The van der Waals surface area contributed by atoms with E-state index in [9.17, 15) is 4.79 Å². The van der Waals surface area contributed by atoms with Crippen LogP contribution < -0.4 is 9.47 Å². The van der Waals surface area contributed by atoms with E-state index in [2.05, 4.69) is 11.1 Å². The zero-order chi connectivity index (χ0) is 22.6. The van der Waals surface area contributed by atoms with Crippen LogP contribution in [-0.4, -0.2) is 48.3 Å². The molecule has 2 aliphatic rings. The average molecular weight is 485 g/mol. The van der Waals surface area contributed by atoms with Gasteiger partial charge in [0.2, 0.25) is 0 Å². The van der Waals surface area contributed by atoms with Crippen LogP contribution in [0.25, 0.3) is 11.1 Å². The zero-order valence-electron chi connectivity index (χ0n) is 18.2. The van der Waals surface area contributed by atoms with Gasteiger partial charge in [-0.2, -0.15) is 0 Å². The normalized spacial score (nSPS) is 18.2. The van der Waals surface area contributed by atoms with Gasteiger partial charge in [0.1, 0.15) is 18.1 Å². The van der Waals surface area contributed by atoms with E-state index in [0.29, 0.717) is 47.7 Å². The van der Waals surface area contributed by atoms with Crippen molar-refractivity contribution in [3.8, 4) is 22.6 Å². The SMILES string of the molecule is O=C(c1cncs1)N1CCOc2c(cc(-c3cccc(Cl)c3)cc2OCC2CCCCO2)C1. The minimum atomic E-state index is -0.0415. The van der Waals surface area contributed by atoms with Crippen LogP contribution in [0.5, 0.6) is 11.5 Å². The number of aromatic nitrogens is 1. The van der Waals surface area contributed by atoms with E-state index in [1.165, 1.54) is 11.3 Å². The number of halogens is 1. The minimum absolute atomic E-state index is 0.0415. The first kappa shape index (κ1) is 22.2. The van der Waals surface area contributed by atoms with Gasteiger partial charge in [-0.3, -0.25) is 9.78 Å². The van der Waals surface area contributed by atoms with Gasteiger partial charge in [0, 0.05) is 23.7 Å². The van der Waals surface area contributed by atoms with Gasteiger partial charge in [-0.25, -0.2) is 0 Å². The molecular weight excluding hydrogens is 460 g/mol. The maximum absolute atomic E-state index is 13.0. The monoisotopic (exact) mass is 484 g/mol.